The largest absolute Gasteiger partial charge is 0.416 e. The van der Waals surface area contributed by atoms with Crippen molar-refractivity contribution < 1.29 is 17.6 Å². The fraction of sp³-hybridized carbons (Fsp3) is 0.571. The molecular weight excluding hydrogens is 258 g/mol. The summed E-state index contributed by atoms with van der Waals surface area (Å²) in [5.74, 6) is -0.688. The van der Waals surface area contributed by atoms with Crippen LogP contribution in [0.3, 0.4) is 0 Å². The Hall–Kier alpha value is -1.10. The summed E-state index contributed by atoms with van der Waals surface area (Å²) in [5, 5.41) is 0. The molecule has 19 heavy (non-hydrogen) atoms. The van der Waals surface area contributed by atoms with E-state index in [1.54, 1.807) is 0 Å². The lowest BCUT2D eigenvalue weighted by Gasteiger charge is -2.18. The fourth-order valence-corrected chi connectivity index (χ4v) is 2.05. The van der Waals surface area contributed by atoms with Crippen molar-refractivity contribution in [3.8, 4) is 0 Å². The van der Waals surface area contributed by atoms with Gasteiger partial charge < -0.3 is 5.73 Å². The molecule has 0 bridgehead atoms. The number of alkyl halides is 3. The van der Waals surface area contributed by atoms with Gasteiger partial charge in [0.15, 0.2) is 0 Å². The van der Waals surface area contributed by atoms with E-state index in [0.717, 1.165) is 43.9 Å². The molecule has 1 unspecified atom stereocenters. The first-order chi connectivity index (χ1) is 8.86. The van der Waals surface area contributed by atoms with Crippen LogP contribution in [0, 0.1) is 5.82 Å². The summed E-state index contributed by atoms with van der Waals surface area (Å²) in [6.45, 7) is 2.05. The molecule has 0 amide bonds. The molecule has 0 saturated heterocycles. The minimum Gasteiger partial charge on any atom is -0.324 e. The highest BCUT2D eigenvalue weighted by Gasteiger charge is 2.34. The number of unbranched alkanes of at least 4 members (excludes halogenated alkanes) is 3. The van der Waals surface area contributed by atoms with Gasteiger partial charge in [0.2, 0.25) is 0 Å². The molecule has 1 aromatic carbocycles. The SMILES string of the molecule is CCCCCCC(N)c1cc(F)ccc1C(F)(F)F. The van der Waals surface area contributed by atoms with Crippen LogP contribution in [0.5, 0.6) is 0 Å². The summed E-state index contributed by atoms with van der Waals surface area (Å²) in [7, 11) is 0. The molecule has 0 fully saturated rings. The lowest BCUT2D eigenvalue weighted by atomic mass is 9.96. The van der Waals surface area contributed by atoms with Crippen molar-refractivity contribution in [3.63, 3.8) is 0 Å². The topological polar surface area (TPSA) is 26.0 Å². The van der Waals surface area contributed by atoms with Crippen LogP contribution >= 0.6 is 0 Å². The molecule has 1 aromatic rings. The zero-order valence-corrected chi connectivity index (χ0v) is 10.9. The smallest absolute Gasteiger partial charge is 0.324 e. The average molecular weight is 277 g/mol. The van der Waals surface area contributed by atoms with E-state index in [1.165, 1.54) is 0 Å². The average Bonchev–Trinajstić information content (AvgIpc) is 2.32. The minimum absolute atomic E-state index is 0.149. The van der Waals surface area contributed by atoms with Crippen molar-refractivity contribution in [2.75, 3.05) is 0 Å². The molecule has 0 aliphatic heterocycles. The Kier molecular flexibility index (Phi) is 5.79. The summed E-state index contributed by atoms with van der Waals surface area (Å²) >= 11 is 0. The first-order valence-corrected chi connectivity index (χ1v) is 6.48. The third kappa shape index (κ3) is 4.82. The van der Waals surface area contributed by atoms with E-state index in [4.69, 9.17) is 5.73 Å². The Balaban J connectivity index is 2.82. The van der Waals surface area contributed by atoms with Crippen LogP contribution in [0.1, 0.15) is 56.2 Å². The summed E-state index contributed by atoms with van der Waals surface area (Å²) < 4.78 is 51.5. The second kappa shape index (κ2) is 6.89. The molecule has 1 rings (SSSR count). The Bertz CT molecular complexity index is 401. The second-order valence-corrected chi connectivity index (χ2v) is 4.69. The quantitative estimate of drug-likeness (QED) is 0.585. The molecule has 0 radical (unpaired) electrons. The van der Waals surface area contributed by atoms with Gasteiger partial charge in [-0.15, -0.1) is 0 Å². The van der Waals surface area contributed by atoms with Gasteiger partial charge in [-0.3, -0.25) is 0 Å². The van der Waals surface area contributed by atoms with Gasteiger partial charge in [-0.2, -0.15) is 13.2 Å². The zero-order valence-electron chi connectivity index (χ0n) is 10.9. The molecule has 0 aromatic heterocycles. The molecule has 0 saturated carbocycles. The Labute approximate surface area is 110 Å². The van der Waals surface area contributed by atoms with Crippen molar-refractivity contribution in [2.24, 2.45) is 5.73 Å². The summed E-state index contributed by atoms with van der Waals surface area (Å²) in [5.41, 5.74) is 4.79. The van der Waals surface area contributed by atoms with Gasteiger partial charge in [-0.25, -0.2) is 4.39 Å². The Morgan fingerprint density at radius 2 is 1.84 bits per heavy atom. The van der Waals surface area contributed by atoms with E-state index in [-0.39, 0.29) is 5.56 Å². The minimum atomic E-state index is -4.50. The van der Waals surface area contributed by atoms with Crippen LogP contribution in [-0.4, -0.2) is 0 Å². The molecule has 0 spiro atoms. The van der Waals surface area contributed by atoms with Gasteiger partial charge in [0.25, 0.3) is 0 Å². The van der Waals surface area contributed by atoms with Crippen molar-refractivity contribution in [2.45, 2.75) is 51.2 Å². The highest BCUT2D eigenvalue weighted by Crippen LogP contribution is 2.35. The Morgan fingerprint density at radius 1 is 1.16 bits per heavy atom. The Morgan fingerprint density at radius 3 is 2.42 bits per heavy atom. The first-order valence-electron chi connectivity index (χ1n) is 6.48. The molecule has 2 N–H and O–H groups in total. The molecule has 108 valence electrons. The van der Waals surface area contributed by atoms with E-state index in [2.05, 4.69) is 0 Å². The maximum absolute atomic E-state index is 13.1. The maximum atomic E-state index is 13.1. The number of halogens is 4. The van der Waals surface area contributed by atoms with E-state index in [9.17, 15) is 17.6 Å². The molecular formula is C14H19F4N. The van der Waals surface area contributed by atoms with Crippen LogP contribution < -0.4 is 5.73 Å². The van der Waals surface area contributed by atoms with Crippen LogP contribution in [0.4, 0.5) is 17.6 Å². The lowest BCUT2D eigenvalue weighted by Crippen LogP contribution is -2.18. The van der Waals surface area contributed by atoms with Crippen molar-refractivity contribution in [1.82, 2.24) is 0 Å². The van der Waals surface area contributed by atoms with Gasteiger partial charge in [0.05, 0.1) is 5.56 Å². The fourth-order valence-electron chi connectivity index (χ4n) is 2.05. The highest BCUT2D eigenvalue weighted by atomic mass is 19.4. The van der Waals surface area contributed by atoms with Gasteiger partial charge in [-0.1, -0.05) is 32.6 Å². The molecule has 1 nitrogen and oxygen atoms in total. The van der Waals surface area contributed by atoms with Crippen molar-refractivity contribution in [1.29, 1.82) is 0 Å². The van der Waals surface area contributed by atoms with Crippen LogP contribution in [0.15, 0.2) is 18.2 Å². The van der Waals surface area contributed by atoms with E-state index in [1.807, 2.05) is 6.92 Å². The monoisotopic (exact) mass is 277 g/mol. The second-order valence-electron chi connectivity index (χ2n) is 4.69. The maximum Gasteiger partial charge on any atom is 0.416 e. The zero-order chi connectivity index (χ0) is 14.5. The predicted octanol–water partition coefficient (Wildman–Crippen LogP) is 4.81. The summed E-state index contributed by atoms with van der Waals surface area (Å²) in [4.78, 5) is 0. The van der Waals surface area contributed by atoms with Crippen molar-refractivity contribution in [3.05, 3.63) is 35.1 Å². The summed E-state index contributed by atoms with van der Waals surface area (Å²) in [6, 6.07) is 1.70. The molecule has 0 aliphatic rings. The lowest BCUT2D eigenvalue weighted by molar-refractivity contribution is -0.138. The van der Waals surface area contributed by atoms with Gasteiger partial charge in [0, 0.05) is 6.04 Å². The highest BCUT2D eigenvalue weighted by molar-refractivity contribution is 5.32. The van der Waals surface area contributed by atoms with E-state index >= 15 is 0 Å². The third-order valence-corrected chi connectivity index (χ3v) is 3.09. The van der Waals surface area contributed by atoms with E-state index < -0.39 is 23.6 Å². The molecule has 0 aliphatic carbocycles. The third-order valence-electron chi connectivity index (χ3n) is 3.09. The number of hydrogen-bond acceptors (Lipinski definition) is 1. The van der Waals surface area contributed by atoms with Gasteiger partial charge >= 0.3 is 6.18 Å². The van der Waals surface area contributed by atoms with Crippen LogP contribution in [0.25, 0.3) is 0 Å². The van der Waals surface area contributed by atoms with Gasteiger partial charge in [0.1, 0.15) is 5.82 Å². The number of rotatable bonds is 6. The van der Waals surface area contributed by atoms with Crippen LogP contribution in [0.2, 0.25) is 0 Å². The first kappa shape index (κ1) is 16.0. The number of nitrogens with two attached hydrogens (primary N) is 1. The molecule has 1 atom stereocenters. The predicted molar refractivity (Wildman–Crippen MR) is 67.1 cm³/mol. The van der Waals surface area contributed by atoms with Gasteiger partial charge in [-0.05, 0) is 30.2 Å². The number of benzene rings is 1. The van der Waals surface area contributed by atoms with Crippen LogP contribution in [-0.2, 0) is 6.18 Å². The van der Waals surface area contributed by atoms with E-state index in [0.29, 0.717) is 6.42 Å². The standard InChI is InChI=1S/C14H19F4N/c1-2-3-4-5-6-13(19)11-9-10(15)7-8-12(11)14(16,17)18/h7-9,13H,2-6,19H2,1H3. The molecule has 5 heteroatoms. The number of hydrogen-bond donors (Lipinski definition) is 1. The van der Waals surface area contributed by atoms with Crippen molar-refractivity contribution >= 4 is 0 Å². The normalized spacial score (nSPS) is 13.6. The molecule has 0 heterocycles. The summed E-state index contributed by atoms with van der Waals surface area (Å²) in [6.07, 6.45) is -0.300.